The molecule has 0 saturated carbocycles. The number of rotatable bonds is 12. The minimum atomic E-state index is -1.54. The van der Waals surface area contributed by atoms with Crippen LogP contribution in [0.15, 0.2) is 6.07 Å². The van der Waals surface area contributed by atoms with Gasteiger partial charge in [0.25, 0.3) is 5.88 Å². The molecule has 0 aliphatic heterocycles. The van der Waals surface area contributed by atoms with Crippen molar-refractivity contribution < 1.29 is 42.1 Å². The van der Waals surface area contributed by atoms with Crippen LogP contribution >= 0.6 is 23.1 Å². The largest absolute Gasteiger partial charge is 0.513 e. The van der Waals surface area contributed by atoms with Gasteiger partial charge in [-0.25, -0.2) is 22.8 Å². The van der Waals surface area contributed by atoms with Gasteiger partial charge in [0, 0.05) is 13.1 Å². The zero-order valence-corrected chi connectivity index (χ0v) is 20.4. The van der Waals surface area contributed by atoms with Crippen molar-refractivity contribution >= 4 is 40.3 Å². The van der Waals surface area contributed by atoms with Crippen LogP contribution < -0.4 is 20.1 Å². The standard InChI is InChI=1S/C20H24ClF3N4O6S/c1-3-28(7-8-29)6-4-5-25-19(30)26-18-16(34-20(31)32-2)17(27-35-18)33-10-11-13(22)9-12(21)15(24)14(11)23/h9,29H,3-8,10H2,1-2H3,(H2,25,26,30). The molecule has 35 heavy (non-hydrogen) atoms. The molecule has 0 fully saturated rings. The Morgan fingerprint density at radius 1 is 1.26 bits per heavy atom. The third-order valence-electron chi connectivity index (χ3n) is 4.56. The number of amides is 2. The molecule has 2 amide bonds. The van der Waals surface area contributed by atoms with Crippen LogP contribution in [0.5, 0.6) is 11.6 Å². The van der Waals surface area contributed by atoms with Gasteiger partial charge in [0.1, 0.15) is 12.4 Å². The van der Waals surface area contributed by atoms with E-state index in [1.807, 2.05) is 11.8 Å². The Morgan fingerprint density at radius 3 is 2.66 bits per heavy atom. The lowest BCUT2D eigenvalue weighted by atomic mass is 10.2. The lowest BCUT2D eigenvalue weighted by Gasteiger charge is -2.18. The number of hydrogen-bond donors (Lipinski definition) is 3. The molecule has 1 heterocycles. The summed E-state index contributed by atoms with van der Waals surface area (Å²) in [6.07, 6.45) is -0.560. The second kappa shape index (κ2) is 13.9. The number of carbonyl (C=O) groups excluding carboxylic acids is 2. The van der Waals surface area contributed by atoms with Gasteiger partial charge in [-0.1, -0.05) is 18.5 Å². The molecular weight excluding hydrogens is 517 g/mol. The molecule has 3 N–H and O–H groups in total. The molecule has 15 heteroatoms. The topological polar surface area (TPSA) is 122 Å². The molecule has 0 saturated heterocycles. The molecule has 0 atom stereocenters. The fourth-order valence-corrected chi connectivity index (χ4v) is 3.59. The van der Waals surface area contributed by atoms with Crippen molar-refractivity contribution in [2.45, 2.75) is 20.0 Å². The summed E-state index contributed by atoms with van der Waals surface area (Å²) in [7, 11) is 1.04. The summed E-state index contributed by atoms with van der Waals surface area (Å²) in [6, 6.07) is -0.0520. The third kappa shape index (κ3) is 8.13. The molecule has 0 radical (unpaired) electrons. The number of aliphatic hydroxyl groups is 1. The van der Waals surface area contributed by atoms with Gasteiger partial charge < -0.3 is 29.5 Å². The van der Waals surface area contributed by atoms with E-state index in [1.54, 1.807) is 0 Å². The number of aromatic nitrogens is 1. The minimum absolute atomic E-state index is 0.0345. The van der Waals surface area contributed by atoms with E-state index in [9.17, 15) is 22.8 Å². The van der Waals surface area contributed by atoms with E-state index in [-0.39, 0.29) is 17.4 Å². The fraction of sp³-hybridized carbons (Fsp3) is 0.450. The number of ether oxygens (including phenoxy) is 3. The third-order valence-corrected chi connectivity index (χ3v) is 5.56. The molecule has 0 bridgehead atoms. The number of nitrogens with one attached hydrogen (secondary N) is 2. The second-order valence-electron chi connectivity index (χ2n) is 6.83. The predicted octanol–water partition coefficient (Wildman–Crippen LogP) is 3.76. The van der Waals surface area contributed by atoms with E-state index in [1.165, 1.54) is 0 Å². The number of anilines is 1. The maximum atomic E-state index is 14.0. The van der Waals surface area contributed by atoms with Crippen molar-refractivity contribution in [1.82, 2.24) is 14.6 Å². The van der Waals surface area contributed by atoms with Gasteiger partial charge in [-0.2, -0.15) is 0 Å². The highest BCUT2D eigenvalue weighted by Crippen LogP contribution is 2.40. The van der Waals surface area contributed by atoms with E-state index >= 15 is 0 Å². The molecule has 2 rings (SSSR count). The van der Waals surface area contributed by atoms with Crippen LogP contribution in [0.1, 0.15) is 18.9 Å². The monoisotopic (exact) mass is 540 g/mol. The SMILES string of the molecule is CCN(CCO)CCCNC(=O)Nc1snc(OCc2c(F)cc(Cl)c(F)c2F)c1OC(=O)OC. The summed E-state index contributed by atoms with van der Waals surface area (Å²) in [5, 5.41) is 13.3. The quantitative estimate of drug-likeness (QED) is 0.161. The van der Waals surface area contributed by atoms with Crippen LogP contribution in [0.3, 0.4) is 0 Å². The Balaban J connectivity index is 2.06. The lowest BCUT2D eigenvalue weighted by Crippen LogP contribution is -2.33. The Kier molecular flexibility index (Phi) is 11.3. The van der Waals surface area contributed by atoms with E-state index in [0.717, 1.165) is 13.7 Å². The van der Waals surface area contributed by atoms with Crippen molar-refractivity contribution in [3.05, 3.63) is 34.1 Å². The Labute approximate surface area is 208 Å². The smallest absolute Gasteiger partial charge is 0.469 e. The van der Waals surface area contributed by atoms with Gasteiger partial charge in [0.05, 0.1) is 24.3 Å². The number of methoxy groups -OCH3 is 1. The number of hydrogen-bond acceptors (Lipinski definition) is 9. The van der Waals surface area contributed by atoms with Gasteiger partial charge in [-0.05, 0) is 37.1 Å². The van der Waals surface area contributed by atoms with Crippen molar-refractivity contribution in [1.29, 1.82) is 0 Å². The summed E-state index contributed by atoms with van der Waals surface area (Å²) < 4.78 is 60.2. The van der Waals surface area contributed by atoms with Gasteiger partial charge in [-0.3, -0.25) is 5.32 Å². The average Bonchev–Trinajstić information content (AvgIpc) is 3.19. The molecule has 10 nitrogen and oxygen atoms in total. The van der Waals surface area contributed by atoms with Crippen LogP contribution in [0.25, 0.3) is 0 Å². The average molecular weight is 541 g/mol. The van der Waals surface area contributed by atoms with Gasteiger partial charge in [0.2, 0.25) is 5.75 Å². The number of halogens is 4. The number of urea groups is 1. The van der Waals surface area contributed by atoms with Crippen LogP contribution in [-0.4, -0.2) is 66.5 Å². The van der Waals surface area contributed by atoms with Gasteiger partial charge in [-0.15, -0.1) is 4.37 Å². The number of aliphatic hydroxyl groups excluding tert-OH is 1. The first-order chi connectivity index (χ1) is 16.7. The van der Waals surface area contributed by atoms with Crippen molar-refractivity contribution in [3.8, 4) is 11.6 Å². The fourth-order valence-electron chi connectivity index (χ4n) is 2.75. The predicted molar refractivity (Wildman–Crippen MR) is 122 cm³/mol. The summed E-state index contributed by atoms with van der Waals surface area (Å²) >= 11 is 6.07. The van der Waals surface area contributed by atoms with Crippen molar-refractivity contribution in [2.24, 2.45) is 0 Å². The molecule has 194 valence electrons. The Morgan fingerprint density at radius 2 is 2.00 bits per heavy atom. The van der Waals surface area contributed by atoms with Gasteiger partial charge in [0.15, 0.2) is 16.6 Å². The van der Waals surface area contributed by atoms with Crippen LogP contribution in [0, 0.1) is 17.5 Å². The normalized spacial score (nSPS) is 10.9. The molecule has 1 aromatic heterocycles. The highest BCUT2D eigenvalue weighted by Gasteiger charge is 2.24. The first kappa shape index (κ1) is 28.4. The highest BCUT2D eigenvalue weighted by molar-refractivity contribution is 7.11. The van der Waals surface area contributed by atoms with Crippen LogP contribution in [0.4, 0.5) is 27.8 Å². The zero-order chi connectivity index (χ0) is 26.0. The highest BCUT2D eigenvalue weighted by atomic mass is 35.5. The molecule has 2 aromatic rings. The van der Waals surface area contributed by atoms with E-state index in [4.69, 9.17) is 26.2 Å². The summed E-state index contributed by atoms with van der Waals surface area (Å²) in [4.78, 5) is 25.9. The molecule has 0 unspecified atom stereocenters. The zero-order valence-electron chi connectivity index (χ0n) is 18.8. The van der Waals surface area contributed by atoms with E-state index < -0.39 is 52.7 Å². The van der Waals surface area contributed by atoms with Crippen molar-refractivity contribution in [3.63, 3.8) is 0 Å². The summed E-state index contributed by atoms with van der Waals surface area (Å²) in [5.74, 6) is -4.91. The van der Waals surface area contributed by atoms with Crippen LogP contribution in [0.2, 0.25) is 5.02 Å². The number of nitrogens with zero attached hydrogens (tertiary/aromatic N) is 2. The maximum Gasteiger partial charge on any atom is 0.513 e. The van der Waals surface area contributed by atoms with E-state index in [2.05, 4.69) is 19.7 Å². The number of likely N-dealkylation sites (N-methyl/N-ethyl adjacent to an activating group) is 1. The minimum Gasteiger partial charge on any atom is -0.469 e. The Hall–Kier alpha value is -2.81. The maximum absolute atomic E-state index is 14.0. The molecular formula is C20H24ClF3N4O6S. The van der Waals surface area contributed by atoms with Gasteiger partial charge >= 0.3 is 12.2 Å². The first-order valence-corrected chi connectivity index (χ1v) is 11.4. The van der Waals surface area contributed by atoms with E-state index in [0.29, 0.717) is 43.7 Å². The number of carbonyl (C=O) groups is 2. The lowest BCUT2D eigenvalue weighted by molar-refractivity contribution is 0.119. The molecule has 1 aromatic carbocycles. The number of benzene rings is 1. The summed E-state index contributed by atoms with van der Waals surface area (Å²) in [5.41, 5.74) is -0.765. The summed E-state index contributed by atoms with van der Waals surface area (Å²) in [6.45, 7) is 3.41. The molecule has 0 spiro atoms. The van der Waals surface area contributed by atoms with Crippen molar-refractivity contribution in [2.75, 3.05) is 45.2 Å². The second-order valence-corrected chi connectivity index (χ2v) is 8.01. The Bertz CT molecular complexity index is 1030. The molecule has 0 aliphatic rings. The van der Waals surface area contributed by atoms with Crippen LogP contribution in [-0.2, 0) is 11.3 Å². The molecule has 0 aliphatic carbocycles. The first-order valence-electron chi connectivity index (χ1n) is 10.3.